The Balaban J connectivity index is 2.20. The summed E-state index contributed by atoms with van der Waals surface area (Å²) in [6, 6.07) is 3.41. The molecule has 2 heterocycles. The Morgan fingerprint density at radius 3 is 2.82 bits per heavy atom. The lowest BCUT2D eigenvalue weighted by molar-refractivity contribution is 0.102. The number of nitrogens with two attached hydrogens (primary N) is 1. The van der Waals surface area contributed by atoms with E-state index in [1.807, 2.05) is 13.0 Å². The molecule has 17 heavy (non-hydrogen) atoms. The van der Waals surface area contributed by atoms with Crippen LogP contribution in [0.25, 0.3) is 0 Å². The van der Waals surface area contributed by atoms with Crippen molar-refractivity contribution in [2.24, 2.45) is 0 Å². The van der Waals surface area contributed by atoms with Crippen LogP contribution in [0.5, 0.6) is 0 Å². The van der Waals surface area contributed by atoms with Gasteiger partial charge in [-0.05, 0) is 24.6 Å². The molecule has 2 aromatic rings. The van der Waals surface area contributed by atoms with Crippen molar-refractivity contribution in [1.82, 2.24) is 9.97 Å². The standard InChI is InChI=1S/C12H12N4O/c1-8-4-9(6-15-5-8)16-12(17)10-2-3-14-7-11(10)13/h2-7H,13H2,1H3,(H,16,17). The summed E-state index contributed by atoms with van der Waals surface area (Å²) in [6.45, 7) is 1.91. The van der Waals surface area contributed by atoms with Gasteiger partial charge in [-0.2, -0.15) is 0 Å². The van der Waals surface area contributed by atoms with E-state index in [4.69, 9.17) is 5.73 Å². The third kappa shape index (κ3) is 2.57. The van der Waals surface area contributed by atoms with Gasteiger partial charge in [0.1, 0.15) is 0 Å². The monoisotopic (exact) mass is 228 g/mol. The number of nitrogen functional groups attached to an aromatic ring is 1. The molecular formula is C12H12N4O. The predicted molar refractivity (Wildman–Crippen MR) is 65.6 cm³/mol. The number of pyridine rings is 2. The highest BCUT2D eigenvalue weighted by molar-refractivity contribution is 6.07. The minimum absolute atomic E-state index is 0.266. The molecule has 2 rings (SSSR count). The van der Waals surface area contributed by atoms with E-state index in [1.54, 1.807) is 18.5 Å². The number of anilines is 2. The molecule has 2 aromatic heterocycles. The second-order valence-electron chi connectivity index (χ2n) is 3.67. The SMILES string of the molecule is Cc1cncc(NC(=O)c2ccncc2N)c1. The number of amides is 1. The van der Waals surface area contributed by atoms with E-state index in [0.717, 1.165) is 5.56 Å². The number of nitrogens with zero attached hydrogens (tertiary/aromatic N) is 2. The fraction of sp³-hybridized carbons (Fsp3) is 0.0833. The Morgan fingerprint density at radius 1 is 1.29 bits per heavy atom. The molecule has 5 nitrogen and oxygen atoms in total. The first-order valence-electron chi connectivity index (χ1n) is 5.09. The van der Waals surface area contributed by atoms with Crippen molar-refractivity contribution < 1.29 is 4.79 Å². The van der Waals surface area contributed by atoms with Crippen molar-refractivity contribution >= 4 is 17.3 Å². The molecule has 0 aliphatic heterocycles. The van der Waals surface area contributed by atoms with Gasteiger partial charge in [0.05, 0.1) is 29.3 Å². The Hall–Kier alpha value is -2.43. The Morgan fingerprint density at radius 2 is 2.12 bits per heavy atom. The molecule has 1 amide bonds. The molecule has 0 fully saturated rings. The molecule has 0 aliphatic carbocycles. The lowest BCUT2D eigenvalue weighted by Crippen LogP contribution is -2.14. The maximum atomic E-state index is 11.9. The molecule has 86 valence electrons. The first-order valence-corrected chi connectivity index (χ1v) is 5.09. The van der Waals surface area contributed by atoms with E-state index in [0.29, 0.717) is 16.9 Å². The zero-order valence-corrected chi connectivity index (χ0v) is 9.34. The molecule has 0 spiro atoms. The van der Waals surface area contributed by atoms with Crippen molar-refractivity contribution in [1.29, 1.82) is 0 Å². The van der Waals surface area contributed by atoms with Crippen LogP contribution < -0.4 is 11.1 Å². The summed E-state index contributed by atoms with van der Waals surface area (Å²) in [6.07, 6.45) is 6.28. The van der Waals surface area contributed by atoms with Crippen molar-refractivity contribution in [3.63, 3.8) is 0 Å². The van der Waals surface area contributed by atoms with Gasteiger partial charge in [0.15, 0.2) is 0 Å². The number of aromatic nitrogens is 2. The summed E-state index contributed by atoms with van der Waals surface area (Å²) in [5, 5.41) is 2.73. The van der Waals surface area contributed by atoms with Crippen LogP contribution in [0.2, 0.25) is 0 Å². The number of rotatable bonds is 2. The van der Waals surface area contributed by atoms with Gasteiger partial charge in [-0.25, -0.2) is 0 Å². The van der Waals surface area contributed by atoms with Crippen LogP contribution in [0.1, 0.15) is 15.9 Å². The normalized spacial score (nSPS) is 9.94. The molecule has 0 aromatic carbocycles. The van der Waals surface area contributed by atoms with E-state index in [-0.39, 0.29) is 5.91 Å². The summed E-state index contributed by atoms with van der Waals surface area (Å²) >= 11 is 0. The highest BCUT2D eigenvalue weighted by atomic mass is 16.1. The van der Waals surface area contributed by atoms with Gasteiger partial charge in [-0.3, -0.25) is 14.8 Å². The zero-order chi connectivity index (χ0) is 12.3. The highest BCUT2D eigenvalue weighted by Crippen LogP contribution is 2.13. The van der Waals surface area contributed by atoms with Crippen LogP contribution in [-0.4, -0.2) is 15.9 Å². The van der Waals surface area contributed by atoms with Crippen molar-refractivity contribution in [2.75, 3.05) is 11.1 Å². The first-order chi connectivity index (χ1) is 8.16. The van der Waals surface area contributed by atoms with Crippen LogP contribution in [0.4, 0.5) is 11.4 Å². The lowest BCUT2D eigenvalue weighted by atomic mass is 10.2. The Labute approximate surface area is 98.7 Å². The molecular weight excluding hydrogens is 216 g/mol. The van der Waals surface area contributed by atoms with Gasteiger partial charge >= 0.3 is 0 Å². The lowest BCUT2D eigenvalue weighted by Gasteiger charge is -2.06. The first kappa shape index (κ1) is 11.1. The van der Waals surface area contributed by atoms with Crippen molar-refractivity contribution in [3.05, 3.63) is 48.0 Å². The van der Waals surface area contributed by atoms with Gasteiger partial charge in [0.2, 0.25) is 0 Å². The largest absolute Gasteiger partial charge is 0.397 e. The third-order valence-electron chi connectivity index (χ3n) is 2.23. The van der Waals surface area contributed by atoms with Gasteiger partial charge in [0.25, 0.3) is 5.91 Å². The van der Waals surface area contributed by atoms with Crippen LogP contribution in [0, 0.1) is 6.92 Å². The van der Waals surface area contributed by atoms with Crippen LogP contribution in [-0.2, 0) is 0 Å². The molecule has 0 unspecified atom stereocenters. The van der Waals surface area contributed by atoms with Crippen molar-refractivity contribution in [3.8, 4) is 0 Å². The highest BCUT2D eigenvalue weighted by Gasteiger charge is 2.09. The van der Waals surface area contributed by atoms with Crippen molar-refractivity contribution in [2.45, 2.75) is 6.92 Å². The van der Waals surface area contributed by atoms with Gasteiger partial charge in [-0.1, -0.05) is 0 Å². The van der Waals surface area contributed by atoms with Gasteiger partial charge in [-0.15, -0.1) is 0 Å². The molecule has 0 saturated heterocycles. The van der Waals surface area contributed by atoms with E-state index in [1.165, 1.54) is 12.4 Å². The molecule has 0 aliphatic rings. The minimum atomic E-state index is -0.266. The number of aryl methyl sites for hydroxylation is 1. The number of carbonyl (C=O) groups excluding carboxylic acids is 1. The molecule has 0 radical (unpaired) electrons. The summed E-state index contributed by atoms with van der Waals surface area (Å²) in [7, 11) is 0. The minimum Gasteiger partial charge on any atom is -0.397 e. The summed E-state index contributed by atoms with van der Waals surface area (Å²) in [5.74, 6) is -0.266. The fourth-order valence-electron chi connectivity index (χ4n) is 1.44. The number of carbonyl (C=O) groups is 1. The quantitative estimate of drug-likeness (QED) is 0.818. The van der Waals surface area contributed by atoms with E-state index in [2.05, 4.69) is 15.3 Å². The van der Waals surface area contributed by atoms with Crippen LogP contribution in [0.3, 0.4) is 0 Å². The zero-order valence-electron chi connectivity index (χ0n) is 9.34. The number of nitrogens with one attached hydrogen (secondary N) is 1. The number of hydrogen-bond acceptors (Lipinski definition) is 4. The second-order valence-corrected chi connectivity index (χ2v) is 3.67. The van der Waals surface area contributed by atoms with Gasteiger partial charge in [0, 0.05) is 12.4 Å². The average molecular weight is 228 g/mol. The van der Waals surface area contributed by atoms with E-state index in [9.17, 15) is 4.79 Å². The summed E-state index contributed by atoms with van der Waals surface area (Å²) in [4.78, 5) is 19.7. The molecule has 0 atom stereocenters. The molecule has 0 bridgehead atoms. The average Bonchev–Trinajstić information content (AvgIpc) is 2.29. The van der Waals surface area contributed by atoms with E-state index < -0.39 is 0 Å². The van der Waals surface area contributed by atoms with Crippen LogP contribution >= 0.6 is 0 Å². The summed E-state index contributed by atoms with van der Waals surface area (Å²) < 4.78 is 0. The molecule has 0 saturated carbocycles. The third-order valence-corrected chi connectivity index (χ3v) is 2.23. The molecule has 3 N–H and O–H groups in total. The molecule has 5 heteroatoms. The van der Waals surface area contributed by atoms with Crippen LogP contribution in [0.15, 0.2) is 36.9 Å². The predicted octanol–water partition coefficient (Wildman–Crippen LogP) is 1.62. The topological polar surface area (TPSA) is 80.9 Å². The maximum Gasteiger partial charge on any atom is 0.257 e. The Bertz CT molecular complexity index is 554. The fourth-order valence-corrected chi connectivity index (χ4v) is 1.44. The Kier molecular flexibility index (Phi) is 3.00. The number of hydrogen-bond donors (Lipinski definition) is 2. The maximum absolute atomic E-state index is 11.9. The smallest absolute Gasteiger partial charge is 0.257 e. The summed E-state index contributed by atoms with van der Waals surface area (Å²) in [5.41, 5.74) is 8.04. The van der Waals surface area contributed by atoms with E-state index >= 15 is 0 Å². The second kappa shape index (κ2) is 4.61. The van der Waals surface area contributed by atoms with Gasteiger partial charge < -0.3 is 11.1 Å².